The molecule has 0 saturated heterocycles. The standard InChI is InChI=1S/C20H21N3O2/c1-4-22(16-10-14(2)9-15(3)11-16)20(25)13-23-18-8-6-5-7-17(18)21-12-19(23)24/h5-12H,4,13H2,1-3H3. The Labute approximate surface area is 146 Å². The van der Waals surface area contributed by atoms with Crippen molar-refractivity contribution in [1.29, 1.82) is 0 Å². The van der Waals surface area contributed by atoms with Gasteiger partial charge in [0.2, 0.25) is 5.91 Å². The van der Waals surface area contributed by atoms with Crippen molar-refractivity contribution >= 4 is 22.6 Å². The zero-order chi connectivity index (χ0) is 18.0. The van der Waals surface area contributed by atoms with Crippen LogP contribution in [0.1, 0.15) is 18.1 Å². The Bertz CT molecular complexity index is 971. The maximum Gasteiger partial charge on any atom is 0.269 e. The quantitative estimate of drug-likeness (QED) is 0.736. The van der Waals surface area contributed by atoms with E-state index in [0.29, 0.717) is 17.6 Å². The third-order valence-electron chi connectivity index (χ3n) is 4.18. The molecule has 5 nitrogen and oxygen atoms in total. The van der Waals surface area contributed by atoms with Crippen molar-refractivity contribution < 1.29 is 4.79 Å². The van der Waals surface area contributed by atoms with Gasteiger partial charge in [-0.2, -0.15) is 0 Å². The molecule has 0 aliphatic heterocycles. The first-order valence-electron chi connectivity index (χ1n) is 8.33. The topological polar surface area (TPSA) is 55.2 Å². The summed E-state index contributed by atoms with van der Waals surface area (Å²) in [6, 6.07) is 13.4. The highest BCUT2D eigenvalue weighted by Gasteiger charge is 2.17. The molecule has 0 radical (unpaired) electrons. The molecule has 0 N–H and O–H groups in total. The second kappa shape index (κ2) is 6.89. The summed E-state index contributed by atoms with van der Waals surface area (Å²) < 4.78 is 1.48. The molecule has 25 heavy (non-hydrogen) atoms. The second-order valence-electron chi connectivity index (χ2n) is 6.16. The SMILES string of the molecule is CCN(C(=O)Cn1c(=O)cnc2ccccc21)c1cc(C)cc(C)c1. The van der Waals surface area contributed by atoms with Crippen LogP contribution >= 0.6 is 0 Å². The lowest BCUT2D eigenvalue weighted by Gasteiger charge is -2.23. The molecule has 0 atom stereocenters. The molecule has 0 saturated carbocycles. The normalized spacial score (nSPS) is 10.8. The van der Waals surface area contributed by atoms with Crippen LogP contribution in [0.2, 0.25) is 0 Å². The number of nitrogens with zero attached hydrogens (tertiary/aromatic N) is 3. The number of carbonyl (C=O) groups is 1. The number of fused-ring (bicyclic) bond motifs is 1. The van der Waals surface area contributed by atoms with Crippen molar-refractivity contribution in [2.24, 2.45) is 0 Å². The third-order valence-corrected chi connectivity index (χ3v) is 4.18. The van der Waals surface area contributed by atoms with Crippen LogP contribution in [0.15, 0.2) is 53.5 Å². The third kappa shape index (κ3) is 3.45. The van der Waals surface area contributed by atoms with E-state index in [-0.39, 0.29) is 18.0 Å². The van der Waals surface area contributed by atoms with Gasteiger partial charge in [0.05, 0.1) is 17.2 Å². The van der Waals surface area contributed by atoms with Gasteiger partial charge in [-0.1, -0.05) is 18.2 Å². The number of aromatic nitrogens is 2. The van der Waals surface area contributed by atoms with Gasteiger partial charge in [-0.3, -0.25) is 14.2 Å². The fourth-order valence-electron chi connectivity index (χ4n) is 3.11. The Morgan fingerprint density at radius 2 is 1.80 bits per heavy atom. The van der Waals surface area contributed by atoms with Gasteiger partial charge in [-0.15, -0.1) is 0 Å². The van der Waals surface area contributed by atoms with E-state index in [2.05, 4.69) is 11.1 Å². The smallest absolute Gasteiger partial charge is 0.269 e. The number of amides is 1. The molecule has 5 heteroatoms. The number of benzene rings is 2. The van der Waals surface area contributed by atoms with Gasteiger partial charge in [-0.05, 0) is 56.2 Å². The lowest BCUT2D eigenvalue weighted by Crippen LogP contribution is -2.36. The zero-order valence-corrected chi connectivity index (χ0v) is 14.7. The predicted molar refractivity (Wildman–Crippen MR) is 99.9 cm³/mol. The van der Waals surface area contributed by atoms with Crippen LogP contribution in [0.5, 0.6) is 0 Å². The van der Waals surface area contributed by atoms with Crippen molar-refractivity contribution in [3.05, 3.63) is 70.1 Å². The van der Waals surface area contributed by atoms with E-state index in [9.17, 15) is 9.59 Å². The number of hydrogen-bond donors (Lipinski definition) is 0. The number of anilines is 1. The minimum Gasteiger partial charge on any atom is -0.311 e. The molecule has 3 aromatic rings. The Balaban J connectivity index is 1.98. The van der Waals surface area contributed by atoms with E-state index >= 15 is 0 Å². The number of likely N-dealkylation sites (N-methyl/N-ethyl adjacent to an activating group) is 1. The average Bonchev–Trinajstić information content (AvgIpc) is 2.57. The Morgan fingerprint density at radius 1 is 1.12 bits per heavy atom. The predicted octanol–water partition coefficient (Wildman–Crippen LogP) is 3.07. The van der Waals surface area contributed by atoms with E-state index in [0.717, 1.165) is 16.8 Å². The van der Waals surface area contributed by atoms with Crippen molar-refractivity contribution in [1.82, 2.24) is 9.55 Å². The van der Waals surface area contributed by atoms with Crippen LogP contribution in [0.25, 0.3) is 11.0 Å². The maximum absolute atomic E-state index is 12.9. The van der Waals surface area contributed by atoms with Gasteiger partial charge < -0.3 is 4.90 Å². The number of hydrogen-bond acceptors (Lipinski definition) is 3. The van der Waals surface area contributed by atoms with Crippen molar-refractivity contribution in [3.8, 4) is 0 Å². The molecule has 2 aromatic carbocycles. The minimum atomic E-state index is -0.275. The summed E-state index contributed by atoms with van der Waals surface area (Å²) >= 11 is 0. The maximum atomic E-state index is 12.9. The van der Waals surface area contributed by atoms with Crippen molar-refractivity contribution in [2.45, 2.75) is 27.3 Å². The summed E-state index contributed by atoms with van der Waals surface area (Å²) in [5, 5.41) is 0. The molecule has 1 amide bonds. The Kier molecular flexibility index (Phi) is 4.65. The highest BCUT2D eigenvalue weighted by Crippen LogP contribution is 2.19. The van der Waals surface area contributed by atoms with Crippen LogP contribution < -0.4 is 10.5 Å². The number of para-hydroxylation sites is 2. The molecule has 1 heterocycles. The fourth-order valence-corrected chi connectivity index (χ4v) is 3.11. The molecule has 0 aliphatic rings. The van der Waals surface area contributed by atoms with E-state index in [1.807, 2.05) is 57.2 Å². The molecule has 0 unspecified atom stereocenters. The highest BCUT2D eigenvalue weighted by molar-refractivity contribution is 5.94. The van der Waals surface area contributed by atoms with Gasteiger partial charge >= 0.3 is 0 Å². The molecule has 0 aliphatic carbocycles. The van der Waals surface area contributed by atoms with Crippen LogP contribution in [-0.2, 0) is 11.3 Å². The van der Waals surface area contributed by atoms with Crippen molar-refractivity contribution in [3.63, 3.8) is 0 Å². The summed E-state index contributed by atoms with van der Waals surface area (Å²) in [6.07, 6.45) is 1.27. The first kappa shape index (κ1) is 16.9. The number of aryl methyl sites for hydroxylation is 2. The summed E-state index contributed by atoms with van der Waals surface area (Å²) in [5.41, 5.74) is 4.16. The molecular formula is C20H21N3O2. The largest absolute Gasteiger partial charge is 0.311 e. The number of rotatable bonds is 4. The summed E-state index contributed by atoms with van der Waals surface area (Å²) in [6.45, 7) is 6.48. The van der Waals surface area contributed by atoms with E-state index < -0.39 is 0 Å². The summed E-state index contributed by atoms with van der Waals surface area (Å²) in [5.74, 6) is -0.119. The first-order valence-corrected chi connectivity index (χ1v) is 8.33. The lowest BCUT2D eigenvalue weighted by molar-refractivity contribution is -0.119. The van der Waals surface area contributed by atoms with Gasteiger partial charge in [0.15, 0.2) is 0 Å². The molecular weight excluding hydrogens is 314 g/mol. The van der Waals surface area contributed by atoms with E-state index in [1.54, 1.807) is 4.90 Å². The number of carbonyl (C=O) groups excluding carboxylic acids is 1. The van der Waals surface area contributed by atoms with Crippen LogP contribution in [0.3, 0.4) is 0 Å². The molecule has 1 aromatic heterocycles. The van der Waals surface area contributed by atoms with Crippen LogP contribution in [-0.4, -0.2) is 22.0 Å². The molecule has 0 fully saturated rings. The monoisotopic (exact) mass is 335 g/mol. The second-order valence-corrected chi connectivity index (χ2v) is 6.16. The highest BCUT2D eigenvalue weighted by atomic mass is 16.2. The molecule has 128 valence electrons. The lowest BCUT2D eigenvalue weighted by atomic mass is 10.1. The average molecular weight is 335 g/mol. The minimum absolute atomic E-state index is 0.0112. The molecule has 3 rings (SSSR count). The van der Waals surface area contributed by atoms with E-state index in [1.165, 1.54) is 10.8 Å². The van der Waals surface area contributed by atoms with E-state index in [4.69, 9.17) is 0 Å². The fraction of sp³-hybridized carbons (Fsp3) is 0.250. The first-order chi connectivity index (χ1) is 12.0. The van der Waals surface area contributed by atoms with Crippen LogP contribution in [0, 0.1) is 13.8 Å². The summed E-state index contributed by atoms with van der Waals surface area (Å²) in [4.78, 5) is 31.0. The summed E-state index contributed by atoms with van der Waals surface area (Å²) in [7, 11) is 0. The van der Waals surface area contributed by atoms with Gasteiger partial charge in [0.25, 0.3) is 5.56 Å². The Morgan fingerprint density at radius 3 is 2.48 bits per heavy atom. The van der Waals surface area contributed by atoms with Gasteiger partial charge in [0, 0.05) is 12.2 Å². The van der Waals surface area contributed by atoms with Gasteiger partial charge in [0.1, 0.15) is 6.54 Å². The zero-order valence-electron chi connectivity index (χ0n) is 14.7. The van der Waals surface area contributed by atoms with Gasteiger partial charge in [-0.25, -0.2) is 4.98 Å². The van der Waals surface area contributed by atoms with Crippen molar-refractivity contribution in [2.75, 3.05) is 11.4 Å². The molecule has 0 spiro atoms. The molecule has 0 bridgehead atoms. The van der Waals surface area contributed by atoms with Crippen LogP contribution in [0.4, 0.5) is 5.69 Å². The Hall–Kier alpha value is -2.95.